The van der Waals surface area contributed by atoms with Crippen LogP contribution >= 0.6 is 0 Å². The Hall–Kier alpha value is -1.39. The summed E-state index contributed by atoms with van der Waals surface area (Å²) in [4.78, 5) is 13.9. The number of likely N-dealkylation sites (N-methyl/N-ethyl adjacent to an activating group) is 1. The number of hydrogen-bond acceptors (Lipinski definition) is 3. The molecule has 0 heterocycles. The topological polar surface area (TPSA) is 58.4 Å². The summed E-state index contributed by atoms with van der Waals surface area (Å²) in [5, 5.41) is 2.91. The molecule has 0 saturated carbocycles. The second-order valence-corrected chi connectivity index (χ2v) is 5.96. The summed E-state index contributed by atoms with van der Waals surface area (Å²) in [6, 6.07) is 7.80. The highest BCUT2D eigenvalue weighted by Crippen LogP contribution is 2.14. The van der Waals surface area contributed by atoms with Gasteiger partial charge in [0.1, 0.15) is 0 Å². The molecule has 1 aromatic carbocycles. The van der Waals surface area contributed by atoms with E-state index >= 15 is 0 Å². The number of anilines is 1. The molecule has 0 spiro atoms. The fourth-order valence-corrected chi connectivity index (χ4v) is 2.02. The molecule has 0 aromatic heterocycles. The van der Waals surface area contributed by atoms with Gasteiger partial charge in [0, 0.05) is 12.2 Å². The van der Waals surface area contributed by atoms with Gasteiger partial charge in [-0.2, -0.15) is 0 Å². The molecule has 19 heavy (non-hydrogen) atoms. The molecule has 106 valence electrons. The number of nitrogens with two attached hydrogens (primary N) is 1. The zero-order chi connectivity index (χ0) is 14.5. The van der Waals surface area contributed by atoms with Gasteiger partial charge in [-0.05, 0) is 43.6 Å². The first-order chi connectivity index (χ1) is 8.82. The van der Waals surface area contributed by atoms with Gasteiger partial charge in [0.15, 0.2) is 0 Å². The number of nitrogens with one attached hydrogen (secondary N) is 1. The van der Waals surface area contributed by atoms with Gasteiger partial charge in [-0.15, -0.1) is 0 Å². The number of aryl methyl sites for hydroxylation is 1. The molecule has 3 N–H and O–H groups in total. The molecule has 0 radical (unpaired) electrons. The van der Waals surface area contributed by atoms with Crippen LogP contribution in [0.3, 0.4) is 0 Å². The molecule has 4 heteroatoms. The molecule has 0 aliphatic rings. The lowest BCUT2D eigenvalue weighted by Crippen LogP contribution is -2.40. The Morgan fingerprint density at radius 1 is 1.42 bits per heavy atom. The molecule has 1 aromatic rings. The van der Waals surface area contributed by atoms with Crippen molar-refractivity contribution in [2.24, 2.45) is 11.1 Å². The summed E-state index contributed by atoms with van der Waals surface area (Å²) in [6.45, 7) is 7.98. The van der Waals surface area contributed by atoms with Crippen LogP contribution in [0.2, 0.25) is 0 Å². The minimum Gasteiger partial charge on any atom is -0.330 e. The van der Waals surface area contributed by atoms with Crippen LogP contribution in [0.1, 0.15) is 19.4 Å². The highest BCUT2D eigenvalue weighted by molar-refractivity contribution is 5.92. The van der Waals surface area contributed by atoms with Crippen molar-refractivity contribution in [2.45, 2.75) is 20.8 Å². The van der Waals surface area contributed by atoms with Gasteiger partial charge in [0.05, 0.1) is 6.54 Å². The fraction of sp³-hybridized carbons (Fsp3) is 0.533. The number of carbonyl (C=O) groups is 1. The van der Waals surface area contributed by atoms with E-state index in [1.165, 1.54) is 0 Å². The summed E-state index contributed by atoms with van der Waals surface area (Å²) in [6.07, 6.45) is 0. The molecule has 0 fully saturated rings. The molecule has 0 aliphatic carbocycles. The minimum atomic E-state index is 0.000853. The normalized spacial score (nSPS) is 11.7. The lowest BCUT2D eigenvalue weighted by molar-refractivity contribution is -0.117. The zero-order valence-corrected chi connectivity index (χ0v) is 12.4. The van der Waals surface area contributed by atoms with E-state index in [0.717, 1.165) is 17.8 Å². The Kier molecular flexibility index (Phi) is 5.51. The quantitative estimate of drug-likeness (QED) is 0.823. The van der Waals surface area contributed by atoms with E-state index in [-0.39, 0.29) is 11.3 Å². The van der Waals surface area contributed by atoms with E-state index in [1.54, 1.807) is 0 Å². The highest BCUT2D eigenvalue weighted by atomic mass is 16.2. The molecule has 0 bridgehead atoms. The number of nitrogens with zero attached hydrogens (tertiary/aromatic N) is 1. The van der Waals surface area contributed by atoms with Gasteiger partial charge < -0.3 is 11.1 Å². The third-order valence-electron chi connectivity index (χ3n) is 2.97. The van der Waals surface area contributed by atoms with Crippen LogP contribution in [0.15, 0.2) is 24.3 Å². The number of rotatable bonds is 6. The van der Waals surface area contributed by atoms with Crippen molar-refractivity contribution in [3.05, 3.63) is 29.8 Å². The molecular weight excluding hydrogens is 238 g/mol. The molecule has 4 nitrogen and oxygen atoms in total. The maximum atomic E-state index is 11.9. The number of hydrogen-bond donors (Lipinski definition) is 2. The van der Waals surface area contributed by atoms with E-state index in [2.05, 4.69) is 19.2 Å². The van der Waals surface area contributed by atoms with Crippen LogP contribution in [0.4, 0.5) is 5.69 Å². The third-order valence-corrected chi connectivity index (χ3v) is 2.97. The first-order valence-electron chi connectivity index (χ1n) is 6.57. The van der Waals surface area contributed by atoms with E-state index in [4.69, 9.17) is 5.73 Å². The van der Waals surface area contributed by atoms with E-state index < -0.39 is 0 Å². The van der Waals surface area contributed by atoms with E-state index in [0.29, 0.717) is 13.1 Å². The van der Waals surface area contributed by atoms with Crippen molar-refractivity contribution in [1.29, 1.82) is 0 Å². The predicted molar refractivity (Wildman–Crippen MR) is 80.1 cm³/mol. The first-order valence-corrected chi connectivity index (χ1v) is 6.57. The van der Waals surface area contributed by atoms with Gasteiger partial charge in [-0.3, -0.25) is 9.69 Å². The summed E-state index contributed by atoms with van der Waals surface area (Å²) >= 11 is 0. The summed E-state index contributed by atoms with van der Waals surface area (Å²) in [5.74, 6) is 0.000853. The van der Waals surface area contributed by atoms with Crippen molar-refractivity contribution in [1.82, 2.24) is 4.90 Å². The summed E-state index contributed by atoms with van der Waals surface area (Å²) in [5.41, 5.74) is 7.70. The second kappa shape index (κ2) is 6.68. The van der Waals surface area contributed by atoms with Gasteiger partial charge in [0.25, 0.3) is 0 Å². The van der Waals surface area contributed by atoms with E-state index in [1.807, 2.05) is 43.1 Å². The van der Waals surface area contributed by atoms with Crippen LogP contribution in [0, 0.1) is 12.3 Å². The minimum absolute atomic E-state index is 0.000853. The summed E-state index contributed by atoms with van der Waals surface area (Å²) < 4.78 is 0. The second-order valence-electron chi connectivity index (χ2n) is 5.96. The van der Waals surface area contributed by atoms with Crippen LogP contribution in [0.25, 0.3) is 0 Å². The van der Waals surface area contributed by atoms with E-state index in [9.17, 15) is 4.79 Å². The first kappa shape index (κ1) is 15.7. The molecule has 1 rings (SSSR count). The Balaban J connectivity index is 2.47. The largest absolute Gasteiger partial charge is 0.330 e. The number of benzene rings is 1. The monoisotopic (exact) mass is 263 g/mol. The lowest BCUT2D eigenvalue weighted by atomic mass is 9.93. The van der Waals surface area contributed by atoms with Crippen LogP contribution in [-0.4, -0.2) is 37.5 Å². The Labute approximate surface area is 116 Å². The van der Waals surface area contributed by atoms with Crippen LogP contribution < -0.4 is 11.1 Å². The maximum Gasteiger partial charge on any atom is 0.238 e. The smallest absolute Gasteiger partial charge is 0.238 e. The lowest BCUT2D eigenvalue weighted by Gasteiger charge is -2.28. The molecular formula is C15H25N3O. The van der Waals surface area contributed by atoms with Crippen LogP contribution in [0.5, 0.6) is 0 Å². The fourth-order valence-electron chi connectivity index (χ4n) is 2.02. The van der Waals surface area contributed by atoms with Gasteiger partial charge in [0.2, 0.25) is 5.91 Å². The number of amides is 1. The maximum absolute atomic E-state index is 11.9. The van der Waals surface area contributed by atoms with Crippen molar-refractivity contribution in [3.63, 3.8) is 0 Å². The van der Waals surface area contributed by atoms with Crippen LogP contribution in [-0.2, 0) is 4.79 Å². The van der Waals surface area contributed by atoms with Crippen molar-refractivity contribution in [2.75, 3.05) is 32.0 Å². The number of carbonyl (C=O) groups excluding carboxylic acids is 1. The third kappa shape index (κ3) is 5.85. The van der Waals surface area contributed by atoms with Gasteiger partial charge in [-0.25, -0.2) is 0 Å². The SMILES string of the molecule is Cc1cccc(NC(=O)CN(C)CC(C)(C)CN)c1. The average Bonchev–Trinajstić information content (AvgIpc) is 2.27. The Morgan fingerprint density at radius 3 is 2.68 bits per heavy atom. The van der Waals surface area contributed by atoms with Gasteiger partial charge in [-0.1, -0.05) is 26.0 Å². The van der Waals surface area contributed by atoms with Gasteiger partial charge >= 0.3 is 0 Å². The highest BCUT2D eigenvalue weighted by Gasteiger charge is 2.19. The molecule has 0 aliphatic heterocycles. The molecule has 0 unspecified atom stereocenters. The standard InChI is InChI=1S/C15H25N3O/c1-12-6-5-7-13(8-12)17-14(19)9-18(4)11-15(2,3)10-16/h5-8H,9-11,16H2,1-4H3,(H,17,19). The summed E-state index contributed by atoms with van der Waals surface area (Å²) in [7, 11) is 1.94. The van der Waals surface area contributed by atoms with Crippen molar-refractivity contribution < 1.29 is 4.79 Å². The van der Waals surface area contributed by atoms with Crippen molar-refractivity contribution >= 4 is 11.6 Å². The molecule has 0 saturated heterocycles. The average molecular weight is 263 g/mol. The zero-order valence-electron chi connectivity index (χ0n) is 12.4. The molecule has 1 amide bonds. The Morgan fingerprint density at radius 2 is 2.11 bits per heavy atom. The Bertz CT molecular complexity index is 429. The molecule has 0 atom stereocenters. The predicted octanol–water partition coefficient (Wildman–Crippen LogP) is 1.85. The van der Waals surface area contributed by atoms with Crippen molar-refractivity contribution in [3.8, 4) is 0 Å².